The fourth-order valence-electron chi connectivity index (χ4n) is 3.03. The first-order valence-corrected chi connectivity index (χ1v) is 10.1. The molecule has 1 amide bonds. The molecule has 1 aliphatic heterocycles. The third-order valence-corrected chi connectivity index (χ3v) is 5.96. The minimum Gasteiger partial charge on any atom is -0.495 e. The molecule has 0 bridgehead atoms. The number of aromatic nitrogens is 1. The number of sulfone groups is 1. The van der Waals surface area contributed by atoms with Gasteiger partial charge in [0, 0.05) is 19.3 Å². The molecule has 11 heteroatoms. The lowest BCUT2D eigenvalue weighted by Crippen LogP contribution is -2.25. The van der Waals surface area contributed by atoms with Crippen LogP contribution in [0.25, 0.3) is 0 Å². The molecule has 3 rings (SSSR count). The van der Waals surface area contributed by atoms with Crippen molar-refractivity contribution in [1.29, 1.82) is 0 Å². The second-order valence-electron chi connectivity index (χ2n) is 6.33. The summed E-state index contributed by atoms with van der Waals surface area (Å²) in [6.45, 7) is 1.47. The molecule has 0 radical (unpaired) electrons. The second-order valence-corrected chi connectivity index (χ2v) is 8.28. The predicted molar refractivity (Wildman–Crippen MR) is 99.9 cm³/mol. The van der Waals surface area contributed by atoms with Gasteiger partial charge < -0.3 is 15.0 Å². The summed E-state index contributed by atoms with van der Waals surface area (Å²) in [6, 6.07) is 5.66. The smallest absolute Gasteiger partial charge is 0.495 e. The molecule has 0 saturated carbocycles. The molecular weight excluding hydrogens is 411 g/mol. The number of nitrogens with zero attached hydrogens (tertiary/aromatic N) is 2. The van der Waals surface area contributed by atoms with Crippen LogP contribution in [-0.4, -0.2) is 45.0 Å². The highest BCUT2D eigenvalue weighted by molar-refractivity contribution is 7.92. The van der Waals surface area contributed by atoms with E-state index in [2.05, 4.69) is 10.3 Å². The maximum absolute atomic E-state index is 12.9. The zero-order chi connectivity index (χ0) is 21.2. The molecule has 1 N–H and O–H groups in total. The standard InChI is InChI=1S/C18H18F3N3O4S/c1-28-15-7-6-12(29(26,27)18(19,20)21)11-14(15)23-17(25)13-5-4-8-22-16(13)24-9-2-3-10-24/h4-8,11H,2-3,9-10H2,1H3,(H,23,25). The number of pyridine rings is 1. The minimum absolute atomic E-state index is 0.0195. The lowest BCUT2D eigenvalue weighted by molar-refractivity contribution is -0.0436. The molecule has 1 saturated heterocycles. The summed E-state index contributed by atoms with van der Waals surface area (Å²) in [7, 11) is -4.32. The van der Waals surface area contributed by atoms with Gasteiger partial charge in [0.2, 0.25) is 0 Å². The number of rotatable bonds is 5. The topological polar surface area (TPSA) is 88.6 Å². The van der Waals surface area contributed by atoms with Crippen LogP contribution in [0.1, 0.15) is 23.2 Å². The van der Waals surface area contributed by atoms with E-state index in [-0.39, 0.29) is 17.0 Å². The van der Waals surface area contributed by atoms with Crippen molar-refractivity contribution in [3.8, 4) is 5.75 Å². The molecular formula is C18H18F3N3O4S. The van der Waals surface area contributed by atoms with Gasteiger partial charge in [-0.15, -0.1) is 0 Å². The molecule has 7 nitrogen and oxygen atoms in total. The molecule has 2 aromatic rings. The molecule has 29 heavy (non-hydrogen) atoms. The summed E-state index contributed by atoms with van der Waals surface area (Å²) < 4.78 is 67.0. The number of ether oxygens (including phenoxy) is 1. The summed E-state index contributed by atoms with van der Waals surface area (Å²) in [5.41, 5.74) is -5.44. The molecule has 0 aliphatic carbocycles. The zero-order valence-electron chi connectivity index (χ0n) is 15.4. The third kappa shape index (κ3) is 4.14. The Balaban J connectivity index is 1.96. The zero-order valence-corrected chi connectivity index (χ0v) is 16.2. The van der Waals surface area contributed by atoms with E-state index in [0.29, 0.717) is 5.82 Å². The van der Waals surface area contributed by atoms with Crippen LogP contribution >= 0.6 is 0 Å². The molecule has 156 valence electrons. The number of hydrogen-bond acceptors (Lipinski definition) is 6. The summed E-state index contributed by atoms with van der Waals surface area (Å²) in [5.74, 6) is -0.161. The normalized spacial score (nSPS) is 14.7. The maximum atomic E-state index is 12.9. The van der Waals surface area contributed by atoms with Crippen LogP contribution in [0.5, 0.6) is 5.75 Å². The Labute approximate surface area is 165 Å². The van der Waals surface area contributed by atoms with Gasteiger partial charge in [-0.25, -0.2) is 13.4 Å². The molecule has 0 atom stereocenters. The molecule has 1 aliphatic rings. The van der Waals surface area contributed by atoms with Crippen LogP contribution in [0.4, 0.5) is 24.7 Å². The number of amides is 1. The fourth-order valence-corrected chi connectivity index (χ4v) is 3.82. The fraction of sp³-hybridized carbons (Fsp3) is 0.333. The molecule has 1 aromatic carbocycles. The van der Waals surface area contributed by atoms with Crippen LogP contribution < -0.4 is 15.0 Å². The number of hydrogen-bond donors (Lipinski definition) is 1. The lowest BCUT2D eigenvalue weighted by Gasteiger charge is -2.20. The summed E-state index contributed by atoms with van der Waals surface area (Å²) in [4.78, 5) is 18.0. The highest BCUT2D eigenvalue weighted by atomic mass is 32.2. The third-order valence-electron chi connectivity index (χ3n) is 4.47. The van der Waals surface area contributed by atoms with Gasteiger partial charge in [-0.1, -0.05) is 0 Å². The number of carbonyl (C=O) groups is 1. The van der Waals surface area contributed by atoms with Crippen molar-refractivity contribution in [3.05, 3.63) is 42.1 Å². The monoisotopic (exact) mass is 429 g/mol. The number of carbonyl (C=O) groups excluding carboxylic acids is 1. The van der Waals surface area contributed by atoms with E-state index in [4.69, 9.17) is 4.74 Å². The first-order chi connectivity index (χ1) is 13.6. The number of anilines is 2. The molecule has 2 heterocycles. The van der Waals surface area contributed by atoms with Crippen molar-refractivity contribution in [1.82, 2.24) is 4.98 Å². The number of halogens is 3. The van der Waals surface area contributed by atoms with Gasteiger partial charge >= 0.3 is 5.51 Å². The highest BCUT2D eigenvalue weighted by Gasteiger charge is 2.47. The van der Waals surface area contributed by atoms with E-state index in [1.165, 1.54) is 7.11 Å². The summed E-state index contributed by atoms with van der Waals surface area (Å²) in [6.07, 6.45) is 3.47. The van der Waals surface area contributed by atoms with Crippen LogP contribution in [0.15, 0.2) is 41.4 Å². The Morgan fingerprint density at radius 2 is 1.90 bits per heavy atom. The summed E-state index contributed by atoms with van der Waals surface area (Å²) >= 11 is 0. The Kier molecular flexibility index (Phi) is 5.69. The molecule has 0 spiro atoms. The van der Waals surface area contributed by atoms with Crippen LogP contribution in [0.2, 0.25) is 0 Å². The number of nitrogens with one attached hydrogen (secondary N) is 1. The van der Waals surface area contributed by atoms with E-state index < -0.39 is 26.1 Å². The summed E-state index contributed by atoms with van der Waals surface area (Å²) in [5, 5.41) is 2.44. The maximum Gasteiger partial charge on any atom is 0.501 e. The first kappa shape index (κ1) is 20.9. The Morgan fingerprint density at radius 1 is 1.21 bits per heavy atom. The van der Waals surface area contributed by atoms with Crippen molar-refractivity contribution in [3.63, 3.8) is 0 Å². The number of benzene rings is 1. The van der Waals surface area contributed by atoms with Gasteiger partial charge in [-0.2, -0.15) is 13.2 Å². The first-order valence-electron chi connectivity index (χ1n) is 8.66. The Hall–Kier alpha value is -2.82. The van der Waals surface area contributed by atoms with Crippen molar-refractivity contribution in [2.75, 3.05) is 30.4 Å². The Bertz CT molecular complexity index is 1020. The van der Waals surface area contributed by atoms with Crippen molar-refractivity contribution >= 4 is 27.2 Å². The van der Waals surface area contributed by atoms with Gasteiger partial charge in [0.25, 0.3) is 15.7 Å². The highest BCUT2D eigenvalue weighted by Crippen LogP contribution is 2.35. The quantitative estimate of drug-likeness (QED) is 0.785. The van der Waals surface area contributed by atoms with E-state index in [1.807, 2.05) is 4.90 Å². The average molecular weight is 429 g/mol. The number of methoxy groups -OCH3 is 1. The lowest BCUT2D eigenvalue weighted by atomic mass is 10.2. The van der Waals surface area contributed by atoms with Gasteiger partial charge in [-0.3, -0.25) is 4.79 Å². The second kappa shape index (κ2) is 7.90. The van der Waals surface area contributed by atoms with Crippen molar-refractivity contribution in [2.45, 2.75) is 23.2 Å². The molecule has 0 unspecified atom stereocenters. The number of alkyl halides is 3. The predicted octanol–water partition coefficient (Wildman–Crippen LogP) is 3.24. The van der Waals surface area contributed by atoms with Gasteiger partial charge in [0.15, 0.2) is 0 Å². The SMILES string of the molecule is COc1ccc(S(=O)(=O)C(F)(F)F)cc1NC(=O)c1cccnc1N1CCCC1. The van der Waals surface area contributed by atoms with Crippen molar-refractivity contribution < 1.29 is 31.1 Å². The average Bonchev–Trinajstić information content (AvgIpc) is 3.21. The van der Waals surface area contributed by atoms with Gasteiger partial charge in [0.1, 0.15) is 11.6 Å². The van der Waals surface area contributed by atoms with E-state index in [0.717, 1.165) is 44.1 Å². The van der Waals surface area contributed by atoms with Gasteiger partial charge in [0.05, 0.1) is 23.3 Å². The van der Waals surface area contributed by atoms with E-state index >= 15 is 0 Å². The van der Waals surface area contributed by atoms with Crippen molar-refractivity contribution in [2.24, 2.45) is 0 Å². The molecule has 1 aromatic heterocycles. The van der Waals surface area contributed by atoms with Crippen LogP contribution in [0.3, 0.4) is 0 Å². The largest absolute Gasteiger partial charge is 0.501 e. The van der Waals surface area contributed by atoms with Crippen LogP contribution in [0, 0.1) is 0 Å². The Morgan fingerprint density at radius 3 is 2.52 bits per heavy atom. The van der Waals surface area contributed by atoms with E-state index in [9.17, 15) is 26.4 Å². The van der Waals surface area contributed by atoms with Gasteiger partial charge in [-0.05, 0) is 43.2 Å². The van der Waals surface area contributed by atoms with Crippen LogP contribution in [-0.2, 0) is 9.84 Å². The minimum atomic E-state index is -5.57. The molecule has 1 fully saturated rings. The van der Waals surface area contributed by atoms with E-state index in [1.54, 1.807) is 18.3 Å².